The molecule has 6 heteroatoms. The quantitative estimate of drug-likeness (QED) is 0.666. The molecule has 1 saturated heterocycles. The molecule has 0 aliphatic carbocycles. The Balaban J connectivity index is 0. The number of rotatable bonds is 8. The van der Waals surface area contributed by atoms with Gasteiger partial charge in [0.2, 0.25) is 5.91 Å². The number of piperidine rings is 1. The molecule has 1 rings (SSSR count). The molecule has 1 heterocycles. The summed E-state index contributed by atoms with van der Waals surface area (Å²) in [4.78, 5) is 14.2. The van der Waals surface area contributed by atoms with Crippen LogP contribution in [0, 0.1) is 11.8 Å². The van der Waals surface area contributed by atoms with Crippen molar-refractivity contribution < 1.29 is 4.79 Å². The molecule has 1 atom stereocenters. The van der Waals surface area contributed by atoms with Crippen molar-refractivity contribution in [2.45, 2.75) is 39.5 Å². The summed E-state index contributed by atoms with van der Waals surface area (Å²) in [5, 5.41) is 6.04. The predicted molar refractivity (Wildman–Crippen MR) is 94.7 cm³/mol. The summed E-state index contributed by atoms with van der Waals surface area (Å²) in [6.45, 7) is 9.57. The van der Waals surface area contributed by atoms with E-state index in [4.69, 9.17) is 0 Å². The van der Waals surface area contributed by atoms with Crippen LogP contribution in [0.15, 0.2) is 0 Å². The lowest BCUT2D eigenvalue weighted by Gasteiger charge is -2.30. The fourth-order valence-electron chi connectivity index (χ4n) is 2.53. The summed E-state index contributed by atoms with van der Waals surface area (Å²) >= 11 is 0. The molecule has 0 aromatic rings. The second kappa shape index (κ2) is 13.6. The first kappa shape index (κ1) is 23.2. The normalized spacial score (nSPS) is 17.5. The molecule has 0 radical (unpaired) electrons. The lowest BCUT2D eigenvalue weighted by molar-refractivity contribution is -0.124. The first-order valence-electron chi connectivity index (χ1n) is 7.78. The molecule has 0 bridgehead atoms. The van der Waals surface area contributed by atoms with Gasteiger partial charge in [0.25, 0.3) is 0 Å². The molecule has 1 fully saturated rings. The average molecular weight is 342 g/mol. The molecule has 1 amide bonds. The Kier molecular flexibility index (Phi) is 15.1. The molecule has 1 unspecified atom stereocenters. The minimum Gasteiger partial charge on any atom is -0.356 e. The maximum Gasteiger partial charge on any atom is 0.224 e. The van der Waals surface area contributed by atoms with Gasteiger partial charge in [-0.1, -0.05) is 13.8 Å². The largest absolute Gasteiger partial charge is 0.356 e. The number of nitrogens with zero attached hydrogens (tertiary/aromatic N) is 1. The van der Waals surface area contributed by atoms with Gasteiger partial charge in [-0.05, 0) is 58.3 Å². The summed E-state index contributed by atoms with van der Waals surface area (Å²) in [5.74, 6) is 1.14. The third-order valence-electron chi connectivity index (χ3n) is 4.03. The number of carbonyl (C=O) groups excluding carboxylic acids is 1. The minimum absolute atomic E-state index is 0. The van der Waals surface area contributed by atoms with Crippen LogP contribution in [0.4, 0.5) is 0 Å². The highest BCUT2D eigenvalue weighted by Crippen LogP contribution is 2.15. The Morgan fingerprint density at radius 3 is 2.43 bits per heavy atom. The van der Waals surface area contributed by atoms with E-state index < -0.39 is 0 Å². The molecule has 1 aliphatic heterocycles. The maximum atomic E-state index is 11.7. The summed E-state index contributed by atoms with van der Waals surface area (Å²) in [5.41, 5.74) is 0. The van der Waals surface area contributed by atoms with Crippen LogP contribution in [0.25, 0.3) is 0 Å². The highest BCUT2D eigenvalue weighted by molar-refractivity contribution is 5.85. The van der Waals surface area contributed by atoms with Gasteiger partial charge in [-0.15, -0.1) is 24.8 Å². The molecule has 0 saturated carbocycles. The number of nitrogens with one attached hydrogen (secondary N) is 2. The smallest absolute Gasteiger partial charge is 0.224 e. The van der Waals surface area contributed by atoms with Crippen molar-refractivity contribution in [1.82, 2.24) is 15.5 Å². The van der Waals surface area contributed by atoms with Crippen LogP contribution in [0.1, 0.15) is 39.5 Å². The molecule has 128 valence electrons. The summed E-state index contributed by atoms with van der Waals surface area (Å²) in [6.07, 6.45) is 4.97. The number of halogens is 2. The molecular formula is C15H33Cl2N3O. The van der Waals surface area contributed by atoms with Gasteiger partial charge < -0.3 is 15.5 Å². The van der Waals surface area contributed by atoms with Crippen LogP contribution >= 0.6 is 24.8 Å². The van der Waals surface area contributed by atoms with Gasteiger partial charge in [0.05, 0.1) is 0 Å². The van der Waals surface area contributed by atoms with Crippen molar-refractivity contribution in [3.8, 4) is 0 Å². The van der Waals surface area contributed by atoms with E-state index in [0.717, 1.165) is 25.4 Å². The average Bonchev–Trinajstić information content (AvgIpc) is 2.40. The summed E-state index contributed by atoms with van der Waals surface area (Å²) in [7, 11) is 1.88. The van der Waals surface area contributed by atoms with Crippen LogP contribution in [0.3, 0.4) is 0 Å². The Morgan fingerprint density at radius 1 is 1.24 bits per heavy atom. The second-order valence-corrected chi connectivity index (χ2v) is 5.98. The van der Waals surface area contributed by atoms with Crippen molar-refractivity contribution in [2.24, 2.45) is 11.8 Å². The van der Waals surface area contributed by atoms with Gasteiger partial charge in [-0.2, -0.15) is 0 Å². The zero-order chi connectivity index (χ0) is 14.1. The monoisotopic (exact) mass is 341 g/mol. The highest BCUT2D eigenvalue weighted by atomic mass is 35.5. The Morgan fingerprint density at radius 2 is 1.86 bits per heavy atom. The molecule has 21 heavy (non-hydrogen) atoms. The van der Waals surface area contributed by atoms with Crippen molar-refractivity contribution in [1.29, 1.82) is 0 Å². The van der Waals surface area contributed by atoms with Gasteiger partial charge in [-0.3, -0.25) is 4.79 Å². The lowest BCUT2D eigenvalue weighted by atomic mass is 9.99. The van der Waals surface area contributed by atoms with Gasteiger partial charge in [0.15, 0.2) is 0 Å². The number of carbonyl (C=O) groups is 1. The molecule has 4 nitrogen and oxygen atoms in total. The first-order valence-corrected chi connectivity index (χ1v) is 7.78. The minimum atomic E-state index is 0. The van der Waals surface area contributed by atoms with E-state index in [1.807, 2.05) is 14.0 Å². The molecule has 1 aliphatic rings. The van der Waals surface area contributed by atoms with Gasteiger partial charge in [0, 0.05) is 19.0 Å². The molecular weight excluding hydrogens is 309 g/mol. The topological polar surface area (TPSA) is 44.4 Å². The molecule has 0 aromatic carbocycles. The maximum absolute atomic E-state index is 11.7. The standard InChI is InChI=1S/C15H31N3O.2ClH/c1-13-6-10-18(11-7-13)9-5-4-8-17-15(19)14(2)12-16-3;;/h13-14,16H,4-12H2,1-3H3,(H,17,19);2*1H. The van der Waals surface area contributed by atoms with E-state index in [1.165, 1.54) is 38.9 Å². The van der Waals surface area contributed by atoms with E-state index in [0.29, 0.717) is 0 Å². The van der Waals surface area contributed by atoms with Crippen molar-refractivity contribution in [3.05, 3.63) is 0 Å². The number of hydrogen-bond acceptors (Lipinski definition) is 3. The number of hydrogen-bond donors (Lipinski definition) is 2. The van der Waals surface area contributed by atoms with Crippen LogP contribution in [-0.4, -0.2) is 50.6 Å². The third kappa shape index (κ3) is 10.3. The lowest BCUT2D eigenvalue weighted by Crippen LogP contribution is -2.36. The summed E-state index contributed by atoms with van der Waals surface area (Å²) < 4.78 is 0. The molecule has 0 aromatic heterocycles. The Hall–Kier alpha value is -0.0300. The van der Waals surface area contributed by atoms with E-state index >= 15 is 0 Å². The Labute approximate surface area is 142 Å². The van der Waals surface area contributed by atoms with E-state index in [2.05, 4.69) is 22.5 Å². The highest BCUT2D eigenvalue weighted by Gasteiger charge is 2.15. The third-order valence-corrected chi connectivity index (χ3v) is 4.03. The zero-order valence-corrected chi connectivity index (χ0v) is 15.3. The SMILES string of the molecule is CNCC(C)C(=O)NCCCCN1CCC(C)CC1.Cl.Cl. The van der Waals surface area contributed by atoms with Gasteiger partial charge in [-0.25, -0.2) is 0 Å². The van der Waals surface area contributed by atoms with Crippen molar-refractivity contribution in [2.75, 3.05) is 39.8 Å². The van der Waals surface area contributed by atoms with Crippen LogP contribution in [0.2, 0.25) is 0 Å². The number of amides is 1. The van der Waals surface area contributed by atoms with Crippen LogP contribution in [0.5, 0.6) is 0 Å². The van der Waals surface area contributed by atoms with Gasteiger partial charge in [0.1, 0.15) is 0 Å². The van der Waals surface area contributed by atoms with Crippen molar-refractivity contribution in [3.63, 3.8) is 0 Å². The summed E-state index contributed by atoms with van der Waals surface area (Å²) in [6, 6.07) is 0. The van der Waals surface area contributed by atoms with E-state index in [-0.39, 0.29) is 36.6 Å². The van der Waals surface area contributed by atoms with Crippen molar-refractivity contribution >= 4 is 30.7 Å². The predicted octanol–water partition coefficient (Wildman–Crippen LogP) is 2.31. The molecule has 0 spiro atoms. The van der Waals surface area contributed by atoms with E-state index in [1.54, 1.807) is 0 Å². The number of likely N-dealkylation sites (tertiary alicyclic amines) is 1. The van der Waals surface area contributed by atoms with Crippen LogP contribution < -0.4 is 10.6 Å². The second-order valence-electron chi connectivity index (χ2n) is 5.98. The fraction of sp³-hybridized carbons (Fsp3) is 0.933. The molecule has 2 N–H and O–H groups in total. The zero-order valence-electron chi connectivity index (χ0n) is 13.7. The van der Waals surface area contributed by atoms with Gasteiger partial charge >= 0.3 is 0 Å². The fourth-order valence-corrected chi connectivity index (χ4v) is 2.53. The first-order chi connectivity index (χ1) is 9.13. The van der Waals surface area contributed by atoms with E-state index in [9.17, 15) is 4.79 Å². The number of unbranched alkanes of at least 4 members (excludes halogenated alkanes) is 1. The van der Waals surface area contributed by atoms with Crippen LogP contribution in [-0.2, 0) is 4.79 Å². The Bertz CT molecular complexity index is 259.